The predicted molar refractivity (Wildman–Crippen MR) is 58.0 cm³/mol. The van der Waals surface area contributed by atoms with E-state index in [1.54, 1.807) is 0 Å². The Morgan fingerprint density at radius 2 is 1.38 bits per heavy atom. The third kappa shape index (κ3) is 20.7. The van der Waals surface area contributed by atoms with Crippen molar-refractivity contribution < 1.29 is 34.4 Å². The van der Waals surface area contributed by atoms with Gasteiger partial charge in [0.2, 0.25) is 0 Å². The molecule has 7 nitrogen and oxygen atoms in total. The fourth-order valence-corrected chi connectivity index (χ4v) is 0.396. The Balaban J connectivity index is -0.000000240. The first-order chi connectivity index (χ1) is 6.02. The summed E-state index contributed by atoms with van der Waals surface area (Å²) in [5, 5.41) is 16.2. The molecule has 0 atom stereocenters. The molecule has 0 aliphatic heterocycles. The summed E-state index contributed by atoms with van der Waals surface area (Å²) in [6, 6.07) is 0. The Morgan fingerprint density at radius 1 is 0.875 bits per heavy atom. The summed E-state index contributed by atoms with van der Waals surface area (Å²) < 4.78 is 0. The molecule has 80 valence electrons. The average molecular weight is 264 g/mol. The van der Waals surface area contributed by atoms with Crippen molar-refractivity contribution in [1.29, 1.82) is 0 Å². The quantitative estimate of drug-likeness (QED) is 0.309. The second kappa shape index (κ2) is 16.4. The van der Waals surface area contributed by atoms with Crippen molar-refractivity contribution in [3.63, 3.8) is 0 Å². The van der Waals surface area contributed by atoms with Gasteiger partial charge in [-0.2, -0.15) is 4.89 Å². The Morgan fingerprint density at radius 3 is 1.75 bits per heavy atom. The van der Waals surface area contributed by atoms with Crippen molar-refractivity contribution in [3.8, 4) is 0 Å². The van der Waals surface area contributed by atoms with Crippen LogP contribution in [0.5, 0.6) is 0 Å². The topological polar surface area (TPSA) is 110 Å². The van der Waals surface area contributed by atoms with E-state index in [4.69, 9.17) is 10.2 Å². The SMILES string of the molecule is O=C(O)CCC(=O)OOCC(=O)O.[NaH].[NaH].[NaH]. The molecule has 0 unspecified atom stereocenters. The van der Waals surface area contributed by atoms with E-state index in [9.17, 15) is 14.4 Å². The fraction of sp³-hybridized carbons (Fsp3) is 0.500. The van der Waals surface area contributed by atoms with Gasteiger partial charge in [0, 0.05) is 0 Å². The van der Waals surface area contributed by atoms with Crippen molar-refractivity contribution in [2.45, 2.75) is 12.8 Å². The molecule has 0 aromatic rings. The van der Waals surface area contributed by atoms with E-state index < -0.39 is 24.5 Å². The number of carboxylic acid groups (broad SMARTS) is 2. The summed E-state index contributed by atoms with van der Waals surface area (Å²) in [5.74, 6) is -3.34. The first-order valence-electron chi connectivity index (χ1n) is 3.28. The van der Waals surface area contributed by atoms with Crippen LogP contribution in [0, 0.1) is 0 Å². The number of hydrogen-bond acceptors (Lipinski definition) is 5. The van der Waals surface area contributed by atoms with Crippen LogP contribution in [-0.2, 0) is 24.2 Å². The Labute approximate surface area is 158 Å². The van der Waals surface area contributed by atoms with Crippen molar-refractivity contribution in [2.24, 2.45) is 0 Å². The molecule has 0 saturated carbocycles. The Bertz CT molecular complexity index is 220. The van der Waals surface area contributed by atoms with Gasteiger partial charge in [0.15, 0.2) is 6.61 Å². The van der Waals surface area contributed by atoms with Crippen LogP contribution in [0.25, 0.3) is 0 Å². The normalized spacial score (nSPS) is 7.50. The first kappa shape index (κ1) is 26.0. The summed E-state index contributed by atoms with van der Waals surface area (Å²) in [6.45, 7) is -0.765. The zero-order chi connectivity index (χ0) is 10.3. The van der Waals surface area contributed by atoms with Crippen LogP contribution >= 0.6 is 0 Å². The van der Waals surface area contributed by atoms with E-state index in [1.807, 2.05) is 0 Å². The molecule has 0 aromatic heterocycles. The summed E-state index contributed by atoms with van der Waals surface area (Å²) >= 11 is 0. The van der Waals surface area contributed by atoms with E-state index in [1.165, 1.54) is 0 Å². The molecule has 0 aliphatic rings. The van der Waals surface area contributed by atoms with E-state index in [0.717, 1.165) is 0 Å². The molecule has 0 radical (unpaired) electrons. The van der Waals surface area contributed by atoms with Crippen molar-refractivity contribution in [1.82, 2.24) is 0 Å². The van der Waals surface area contributed by atoms with Crippen LogP contribution in [0.15, 0.2) is 0 Å². The summed E-state index contributed by atoms with van der Waals surface area (Å²) in [5.41, 5.74) is 0. The van der Waals surface area contributed by atoms with Gasteiger partial charge in [0.1, 0.15) is 0 Å². The van der Waals surface area contributed by atoms with Gasteiger partial charge in [-0.05, 0) is 0 Å². The Hall–Kier alpha value is 1.37. The fourth-order valence-electron chi connectivity index (χ4n) is 0.396. The third-order valence-electron chi connectivity index (χ3n) is 0.877. The number of rotatable bonds is 6. The van der Waals surface area contributed by atoms with Gasteiger partial charge in [-0.25, -0.2) is 9.59 Å². The zero-order valence-corrected chi connectivity index (χ0v) is 6.56. The van der Waals surface area contributed by atoms with Gasteiger partial charge in [-0.1, -0.05) is 0 Å². The van der Waals surface area contributed by atoms with E-state index in [0.29, 0.717) is 0 Å². The predicted octanol–water partition coefficient (Wildman–Crippen LogP) is -2.53. The standard InChI is InChI=1S/C6H8O7.3Na.3H/c7-4(8)1-2-6(11)13-12-3-5(9)10;;;;;;/h1-3H2,(H,7,8)(H,9,10);;;;;;. The van der Waals surface area contributed by atoms with Crippen molar-refractivity contribution in [3.05, 3.63) is 0 Å². The number of carboxylic acids is 2. The number of aliphatic carboxylic acids is 2. The molecule has 0 amide bonds. The number of carbonyl (C=O) groups is 3. The average Bonchev–Trinajstić information content (AvgIpc) is 2.00. The molecule has 2 N–H and O–H groups in total. The van der Waals surface area contributed by atoms with E-state index in [2.05, 4.69) is 9.78 Å². The van der Waals surface area contributed by atoms with Crippen LogP contribution in [0.3, 0.4) is 0 Å². The molecule has 10 heteroatoms. The number of hydrogen-bond donors (Lipinski definition) is 2. The van der Waals surface area contributed by atoms with Crippen molar-refractivity contribution >= 4 is 107 Å². The molecule has 0 aromatic carbocycles. The van der Waals surface area contributed by atoms with Gasteiger partial charge in [-0.15, -0.1) is 0 Å². The van der Waals surface area contributed by atoms with Gasteiger partial charge in [-0.3, -0.25) is 9.68 Å². The maximum atomic E-state index is 10.5. The summed E-state index contributed by atoms with van der Waals surface area (Å²) in [4.78, 5) is 38.2. The van der Waals surface area contributed by atoms with Crippen LogP contribution < -0.4 is 0 Å². The zero-order valence-electron chi connectivity index (χ0n) is 6.56. The van der Waals surface area contributed by atoms with Gasteiger partial charge < -0.3 is 10.2 Å². The molecule has 0 bridgehead atoms. The molecular weight excluding hydrogens is 253 g/mol. The van der Waals surface area contributed by atoms with Crippen LogP contribution in [-0.4, -0.2) is 123 Å². The second-order valence-electron chi connectivity index (χ2n) is 2.01. The van der Waals surface area contributed by atoms with Crippen LogP contribution in [0.2, 0.25) is 0 Å². The summed E-state index contributed by atoms with van der Waals surface area (Å²) in [7, 11) is 0. The molecule has 0 fully saturated rings. The van der Waals surface area contributed by atoms with Gasteiger partial charge >= 0.3 is 107 Å². The molecule has 0 rings (SSSR count). The van der Waals surface area contributed by atoms with Crippen molar-refractivity contribution in [2.75, 3.05) is 6.61 Å². The minimum atomic E-state index is -1.29. The minimum absolute atomic E-state index is 0. The van der Waals surface area contributed by atoms with Crippen LogP contribution in [0.4, 0.5) is 0 Å². The van der Waals surface area contributed by atoms with Gasteiger partial charge in [0.25, 0.3) is 0 Å². The molecule has 0 spiro atoms. The summed E-state index contributed by atoms with van der Waals surface area (Å²) in [6.07, 6.45) is -0.732. The second-order valence-corrected chi connectivity index (χ2v) is 2.01. The third-order valence-corrected chi connectivity index (χ3v) is 0.877. The first-order valence-corrected chi connectivity index (χ1v) is 3.28. The molecular formula is C6H11Na3O7. The van der Waals surface area contributed by atoms with E-state index >= 15 is 0 Å². The number of carbonyl (C=O) groups excluding carboxylic acids is 1. The molecule has 0 heterocycles. The van der Waals surface area contributed by atoms with Gasteiger partial charge in [0.05, 0.1) is 12.8 Å². The molecule has 0 aliphatic carbocycles. The maximum absolute atomic E-state index is 10.5. The van der Waals surface area contributed by atoms with E-state index in [-0.39, 0.29) is 102 Å². The monoisotopic (exact) mass is 264 g/mol. The molecule has 0 saturated heterocycles. The molecule has 16 heavy (non-hydrogen) atoms. The van der Waals surface area contributed by atoms with Crippen LogP contribution in [0.1, 0.15) is 12.8 Å². The Kier molecular flexibility index (Phi) is 26.6.